The van der Waals surface area contributed by atoms with Gasteiger partial charge in [-0.2, -0.15) is 0 Å². The van der Waals surface area contributed by atoms with Crippen LogP contribution in [-0.2, 0) is 33.4 Å². The molecule has 0 radical (unpaired) electrons. The van der Waals surface area contributed by atoms with Crippen molar-refractivity contribution in [2.75, 3.05) is 78.5 Å². The van der Waals surface area contributed by atoms with Crippen molar-refractivity contribution >= 4 is 23.8 Å². The van der Waals surface area contributed by atoms with Crippen LogP contribution in [0.25, 0.3) is 0 Å². The highest BCUT2D eigenvalue weighted by molar-refractivity contribution is 5.82. The first-order chi connectivity index (χ1) is 23.1. The first-order valence-electron chi connectivity index (χ1n) is 17.7. The number of rotatable bonds is 11. The van der Waals surface area contributed by atoms with Gasteiger partial charge in [0.15, 0.2) is 0 Å². The molecule has 2 rings (SSSR count). The highest BCUT2D eigenvalue weighted by Crippen LogP contribution is 2.13. The van der Waals surface area contributed by atoms with Gasteiger partial charge in [0, 0.05) is 58.9 Å². The van der Waals surface area contributed by atoms with Crippen molar-refractivity contribution in [1.29, 1.82) is 0 Å². The largest absolute Gasteiger partial charge is 0.459 e. The average molecular weight is 705 g/mol. The number of carbonyl (C=O) groups excluding carboxylic acids is 4. The Bertz CT molecular complexity index is 1180. The van der Waals surface area contributed by atoms with Crippen molar-refractivity contribution in [3.63, 3.8) is 0 Å². The van der Waals surface area contributed by atoms with Crippen LogP contribution < -0.4 is 11.1 Å². The van der Waals surface area contributed by atoms with Gasteiger partial charge in [0.05, 0.1) is 31.7 Å². The number of ether oxygens (including phenoxy) is 3. The molecule has 2 atom stereocenters. The molecule has 1 aliphatic heterocycles. The minimum absolute atomic E-state index is 0.0648. The predicted octanol–water partition coefficient (Wildman–Crippen LogP) is 2.44. The average Bonchev–Trinajstić information content (AvgIpc) is 2.95. The van der Waals surface area contributed by atoms with E-state index in [-0.39, 0.29) is 56.0 Å². The molecule has 0 aliphatic carbocycles. The SMILES string of the molecule is C[C@@H](NC(=O)C(N)CN1CCN(CC(=O)OC(C)(C)C)CCN(CC(=O)OC(C)(C)C)CCN(CC(=O)OC(C)(C)C)CC1)c1ccccc1. The first kappa shape index (κ1) is 43.1. The van der Waals surface area contributed by atoms with Crippen LogP contribution in [0, 0.1) is 0 Å². The number of nitrogens with zero attached hydrogens (tertiary/aromatic N) is 4. The van der Waals surface area contributed by atoms with Crippen LogP contribution >= 0.6 is 0 Å². The van der Waals surface area contributed by atoms with E-state index in [0.29, 0.717) is 52.4 Å². The molecule has 1 amide bonds. The van der Waals surface area contributed by atoms with E-state index in [4.69, 9.17) is 19.9 Å². The quantitative estimate of drug-likeness (QED) is 0.258. The van der Waals surface area contributed by atoms with Gasteiger partial charge in [-0.05, 0) is 74.8 Å². The number of carbonyl (C=O) groups is 4. The summed E-state index contributed by atoms with van der Waals surface area (Å²) in [6.45, 7) is 22.8. The summed E-state index contributed by atoms with van der Waals surface area (Å²) in [5, 5.41) is 3.02. The highest BCUT2D eigenvalue weighted by Gasteiger charge is 2.27. The second-order valence-corrected chi connectivity index (χ2v) is 16.1. The summed E-state index contributed by atoms with van der Waals surface area (Å²) in [6.07, 6.45) is 0. The molecule has 1 saturated heterocycles. The molecule has 50 heavy (non-hydrogen) atoms. The fraction of sp³-hybridized carbons (Fsp3) is 0.730. The maximum Gasteiger partial charge on any atom is 0.320 e. The highest BCUT2D eigenvalue weighted by atomic mass is 16.6. The molecule has 0 bridgehead atoms. The molecule has 1 aromatic rings. The van der Waals surface area contributed by atoms with Crippen molar-refractivity contribution in [3.8, 4) is 0 Å². The summed E-state index contributed by atoms with van der Waals surface area (Å²) in [7, 11) is 0. The van der Waals surface area contributed by atoms with Gasteiger partial charge in [0.25, 0.3) is 0 Å². The lowest BCUT2D eigenvalue weighted by molar-refractivity contribution is -0.158. The minimum atomic E-state index is -0.808. The van der Waals surface area contributed by atoms with Crippen molar-refractivity contribution in [1.82, 2.24) is 24.9 Å². The lowest BCUT2D eigenvalue weighted by Crippen LogP contribution is -2.53. The fourth-order valence-corrected chi connectivity index (χ4v) is 5.41. The van der Waals surface area contributed by atoms with Crippen molar-refractivity contribution in [2.24, 2.45) is 5.73 Å². The fourth-order valence-electron chi connectivity index (χ4n) is 5.41. The summed E-state index contributed by atoms with van der Waals surface area (Å²) >= 11 is 0. The molecule has 1 fully saturated rings. The first-order valence-corrected chi connectivity index (χ1v) is 17.7. The zero-order valence-corrected chi connectivity index (χ0v) is 32.3. The zero-order valence-electron chi connectivity index (χ0n) is 32.3. The molecule has 284 valence electrons. The van der Waals surface area contributed by atoms with E-state index in [0.717, 1.165) is 5.56 Å². The normalized spacial score (nSPS) is 18.2. The third kappa shape index (κ3) is 18.8. The van der Waals surface area contributed by atoms with E-state index in [1.807, 2.05) is 114 Å². The Labute approximate surface area is 300 Å². The molecular formula is C37H64N6O7. The maximum absolute atomic E-state index is 13.2. The summed E-state index contributed by atoms with van der Waals surface area (Å²) in [5.41, 5.74) is 5.58. The minimum Gasteiger partial charge on any atom is -0.459 e. The topological polar surface area (TPSA) is 147 Å². The molecular weight excluding hydrogens is 640 g/mol. The number of nitrogens with two attached hydrogens (primary N) is 1. The smallest absolute Gasteiger partial charge is 0.320 e. The number of hydrogen-bond acceptors (Lipinski definition) is 12. The third-order valence-electron chi connectivity index (χ3n) is 7.70. The lowest BCUT2D eigenvalue weighted by atomic mass is 10.1. The Morgan fingerprint density at radius 3 is 1.26 bits per heavy atom. The van der Waals surface area contributed by atoms with Gasteiger partial charge >= 0.3 is 17.9 Å². The van der Waals surface area contributed by atoms with Gasteiger partial charge in [-0.1, -0.05) is 30.3 Å². The van der Waals surface area contributed by atoms with E-state index in [1.54, 1.807) is 0 Å². The Balaban J connectivity index is 2.29. The zero-order chi connectivity index (χ0) is 37.7. The number of hydrogen-bond donors (Lipinski definition) is 2. The van der Waals surface area contributed by atoms with Crippen LogP contribution in [0.3, 0.4) is 0 Å². The van der Waals surface area contributed by atoms with Gasteiger partial charge in [0.2, 0.25) is 5.91 Å². The van der Waals surface area contributed by atoms with Gasteiger partial charge in [0.1, 0.15) is 16.8 Å². The molecule has 1 unspecified atom stereocenters. The third-order valence-corrected chi connectivity index (χ3v) is 7.70. The number of esters is 3. The van der Waals surface area contributed by atoms with Gasteiger partial charge < -0.3 is 25.3 Å². The number of nitrogens with one attached hydrogen (secondary N) is 1. The predicted molar refractivity (Wildman–Crippen MR) is 194 cm³/mol. The number of amides is 1. The van der Waals surface area contributed by atoms with E-state index in [1.165, 1.54) is 0 Å². The summed E-state index contributed by atoms with van der Waals surface area (Å²) < 4.78 is 16.9. The molecule has 3 N–H and O–H groups in total. The monoisotopic (exact) mass is 704 g/mol. The summed E-state index contributed by atoms with van der Waals surface area (Å²) in [6, 6.07) is 8.68. The summed E-state index contributed by atoms with van der Waals surface area (Å²) in [5.74, 6) is -1.29. The van der Waals surface area contributed by atoms with Crippen LogP contribution in [0.15, 0.2) is 30.3 Å². The van der Waals surface area contributed by atoms with Crippen LogP contribution in [-0.4, -0.2) is 145 Å². The number of benzene rings is 1. The molecule has 0 saturated carbocycles. The lowest BCUT2D eigenvalue weighted by Gasteiger charge is -2.35. The van der Waals surface area contributed by atoms with Gasteiger partial charge in [-0.15, -0.1) is 0 Å². The van der Waals surface area contributed by atoms with Crippen molar-refractivity contribution in [2.45, 2.75) is 98.1 Å². The Hall–Kier alpha value is -3.10. The van der Waals surface area contributed by atoms with E-state index in [2.05, 4.69) is 10.2 Å². The van der Waals surface area contributed by atoms with E-state index in [9.17, 15) is 19.2 Å². The van der Waals surface area contributed by atoms with Crippen LogP contribution in [0.1, 0.15) is 80.8 Å². The van der Waals surface area contributed by atoms with Crippen molar-refractivity contribution < 1.29 is 33.4 Å². The van der Waals surface area contributed by atoms with Gasteiger partial charge in [-0.3, -0.25) is 38.8 Å². The van der Waals surface area contributed by atoms with E-state index >= 15 is 0 Å². The maximum atomic E-state index is 13.2. The second-order valence-electron chi connectivity index (χ2n) is 16.1. The van der Waals surface area contributed by atoms with E-state index < -0.39 is 22.8 Å². The molecule has 1 heterocycles. The second kappa shape index (κ2) is 19.5. The Morgan fingerprint density at radius 2 is 0.940 bits per heavy atom. The van der Waals surface area contributed by atoms with Gasteiger partial charge in [-0.25, -0.2) is 0 Å². The molecule has 1 aliphatic rings. The van der Waals surface area contributed by atoms with Crippen LogP contribution in [0.5, 0.6) is 0 Å². The molecule has 1 aromatic carbocycles. The molecule has 13 heteroatoms. The molecule has 13 nitrogen and oxygen atoms in total. The summed E-state index contributed by atoms with van der Waals surface area (Å²) in [4.78, 5) is 60.1. The van der Waals surface area contributed by atoms with Crippen molar-refractivity contribution in [3.05, 3.63) is 35.9 Å². The standard InChI is InChI=1S/C37H64N6O7/c1-28(29-14-12-11-13-15-29)39-34(47)30(38)24-40-16-18-41(25-31(44)48-35(2,3)4)20-22-43(27-33(46)50-37(8,9)10)23-21-42(19-17-40)26-32(45)49-36(5,6)7/h11-15,28,30H,16-27,38H2,1-10H3,(H,39,47)/t28-,30?/m1/s1. The Morgan fingerprint density at radius 1 is 0.620 bits per heavy atom. The Kier molecular flexibility index (Phi) is 16.8. The molecule has 0 aromatic heterocycles. The molecule has 0 spiro atoms. The van der Waals surface area contributed by atoms with Crippen LogP contribution in [0.4, 0.5) is 0 Å². The van der Waals surface area contributed by atoms with Crippen LogP contribution in [0.2, 0.25) is 0 Å².